The minimum absolute atomic E-state index is 0.0724. The molecule has 1 aliphatic rings. The van der Waals surface area contributed by atoms with Crippen LogP contribution in [0.5, 0.6) is 5.75 Å². The number of methoxy groups -OCH3 is 1. The summed E-state index contributed by atoms with van der Waals surface area (Å²) in [6, 6.07) is 4.15. The summed E-state index contributed by atoms with van der Waals surface area (Å²) in [5.41, 5.74) is 0.420. The highest BCUT2D eigenvalue weighted by molar-refractivity contribution is 8.13. The Labute approximate surface area is 127 Å². The molecule has 0 saturated carbocycles. The zero-order valence-corrected chi connectivity index (χ0v) is 13.2. The SMILES string of the molecule is COc1cc(NC(=O)C2OCCC2C)ccc1S(=O)(=O)Cl. The predicted octanol–water partition coefficient (Wildman–Crippen LogP) is 1.99. The summed E-state index contributed by atoms with van der Waals surface area (Å²) in [7, 11) is 2.73. The van der Waals surface area contributed by atoms with Crippen LogP contribution in [0.1, 0.15) is 13.3 Å². The summed E-state index contributed by atoms with van der Waals surface area (Å²) < 4.78 is 33.1. The van der Waals surface area contributed by atoms with Gasteiger partial charge in [-0.15, -0.1) is 0 Å². The largest absolute Gasteiger partial charge is 0.495 e. The van der Waals surface area contributed by atoms with E-state index in [1.165, 1.54) is 25.3 Å². The lowest BCUT2D eigenvalue weighted by atomic mass is 10.0. The Morgan fingerprint density at radius 1 is 1.48 bits per heavy atom. The Balaban J connectivity index is 2.20. The van der Waals surface area contributed by atoms with Crippen molar-refractivity contribution in [3.8, 4) is 5.75 Å². The maximum absolute atomic E-state index is 12.1. The first-order valence-corrected chi connectivity index (χ1v) is 8.69. The van der Waals surface area contributed by atoms with Crippen molar-refractivity contribution in [1.29, 1.82) is 0 Å². The standard InChI is InChI=1S/C13H16ClNO5S/c1-8-5-6-20-12(8)13(16)15-9-3-4-11(21(14,17)18)10(7-9)19-2/h3-4,7-8,12H,5-6H2,1-2H3,(H,15,16). The van der Waals surface area contributed by atoms with Gasteiger partial charge < -0.3 is 14.8 Å². The second kappa shape index (κ2) is 6.21. The zero-order chi connectivity index (χ0) is 15.6. The van der Waals surface area contributed by atoms with E-state index >= 15 is 0 Å². The molecule has 2 unspecified atom stereocenters. The van der Waals surface area contributed by atoms with E-state index < -0.39 is 15.2 Å². The lowest BCUT2D eigenvalue weighted by Crippen LogP contribution is -2.31. The summed E-state index contributed by atoms with van der Waals surface area (Å²) in [4.78, 5) is 11.9. The Kier molecular flexibility index (Phi) is 4.75. The molecule has 0 aromatic heterocycles. The molecule has 8 heteroatoms. The molecule has 1 amide bonds. The first-order valence-electron chi connectivity index (χ1n) is 6.38. The number of ether oxygens (including phenoxy) is 2. The van der Waals surface area contributed by atoms with E-state index in [1.807, 2.05) is 6.92 Å². The van der Waals surface area contributed by atoms with Crippen LogP contribution in [0.15, 0.2) is 23.1 Å². The molecule has 0 radical (unpaired) electrons. The quantitative estimate of drug-likeness (QED) is 0.852. The van der Waals surface area contributed by atoms with Gasteiger partial charge >= 0.3 is 0 Å². The van der Waals surface area contributed by atoms with Gasteiger partial charge in [-0.2, -0.15) is 0 Å². The first-order chi connectivity index (χ1) is 9.82. The smallest absolute Gasteiger partial charge is 0.264 e. The minimum Gasteiger partial charge on any atom is -0.495 e. The molecule has 21 heavy (non-hydrogen) atoms. The molecule has 1 N–H and O–H groups in total. The van der Waals surface area contributed by atoms with Crippen LogP contribution in [0, 0.1) is 5.92 Å². The molecule has 1 aromatic rings. The van der Waals surface area contributed by atoms with Gasteiger partial charge in [0.1, 0.15) is 16.7 Å². The topological polar surface area (TPSA) is 81.7 Å². The molecule has 1 fully saturated rings. The third-order valence-electron chi connectivity index (χ3n) is 3.34. The Morgan fingerprint density at radius 3 is 2.71 bits per heavy atom. The number of halogens is 1. The third-order valence-corrected chi connectivity index (χ3v) is 4.70. The number of hydrogen-bond donors (Lipinski definition) is 1. The molecular formula is C13H16ClNO5S. The Morgan fingerprint density at radius 2 is 2.19 bits per heavy atom. The van der Waals surface area contributed by atoms with E-state index in [0.29, 0.717) is 12.3 Å². The van der Waals surface area contributed by atoms with E-state index in [4.69, 9.17) is 20.2 Å². The fourth-order valence-electron chi connectivity index (χ4n) is 2.19. The summed E-state index contributed by atoms with van der Waals surface area (Å²) >= 11 is 0. The second-order valence-corrected chi connectivity index (χ2v) is 7.38. The fraction of sp³-hybridized carbons (Fsp3) is 0.462. The molecule has 2 atom stereocenters. The lowest BCUT2D eigenvalue weighted by molar-refractivity contribution is -0.126. The van der Waals surface area contributed by atoms with Gasteiger partial charge in [-0.25, -0.2) is 8.42 Å². The van der Waals surface area contributed by atoms with Gasteiger partial charge in [0.05, 0.1) is 7.11 Å². The number of rotatable bonds is 4. The molecule has 1 saturated heterocycles. The van der Waals surface area contributed by atoms with Gasteiger partial charge in [0.15, 0.2) is 0 Å². The first kappa shape index (κ1) is 16.1. The molecule has 0 aliphatic carbocycles. The van der Waals surface area contributed by atoms with Crippen molar-refractivity contribution in [2.45, 2.75) is 24.3 Å². The van der Waals surface area contributed by atoms with E-state index in [2.05, 4.69) is 5.32 Å². The van der Waals surface area contributed by atoms with E-state index in [9.17, 15) is 13.2 Å². The summed E-state index contributed by atoms with van der Waals surface area (Å²) in [6.07, 6.45) is 0.345. The number of amides is 1. The molecule has 1 aliphatic heterocycles. The van der Waals surface area contributed by atoms with Crippen LogP contribution < -0.4 is 10.1 Å². The molecule has 0 bridgehead atoms. The number of hydrogen-bond acceptors (Lipinski definition) is 5. The Bertz CT molecular complexity index is 646. The molecule has 116 valence electrons. The number of anilines is 1. The number of nitrogens with one attached hydrogen (secondary N) is 1. The van der Waals surface area contributed by atoms with Crippen molar-refractivity contribution in [3.05, 3.63) is 18.2 Å². The number of benzene rings is 1. The number of carbonyl (C=O) groups excluding carboxylic acids is 1. The normalized spacial score (nSPS) is 22.0. The van der Waals surface area contributed by atoms with Crippen LogP contribution in [-0.4, -0.2) is 34.1 Å². The zero-order valence-electron chi connectivity index (χ0n) is 11.6. The third kappa shape index (κ3) is 3.66. The van der Waals surface area contributed by atoms with Gasteiger partial charge in [-0.1, -0.05) is 6.92 Å². The van der Waals surface area contributed by atoms with Crippen molar-refractivity contribution < 1.29 is 22.7 Å². The van der Waals surface area contributed by atoms with Gasteiger partial charge in [0, 0.05) is 29.0 Å². The van der Waals surface area contributed by atoms with E-state index in [-0.39, 0.29) is 22.5 Å². The van der Waals surface area contributed by atoms with Crippen LogP contribution in [0.3, 0.4) is 0 Å². The maximum atomic E-state index is 12.1. The van der Waals surface area contributed by atoms with Crippen LogP contribution in [-0.2, 0) is 18.6 Å². The minimum atomic E-state index is -3.91. The average Bonchev–Trinajstić information content (AvgIpc) is 2.83. The van der Waals surface area contributed by atoms with E-state index in [0.717, 1.165) is 6.42 Å². The fourth-order valence-corrected chi connectivity index (χ4v) is 3.19. The van der Waals surface area contributed by atoms with Crippen LogP contribution in [0.2, 0.25) is 0 Å². The molecule has 0 spiro atoms. The van der Waals surface area contributed by atoms with Crippen molar-refractivity contribution in [3.63, 3.8) is 0 Å². The van der Waals surface area contributed by atoms with Gasteiger partial charge in [-0.05, 0) is 24.5 Å². The molecule has 1 aromatic carbocycles. The maximum Gasteiger partial charge on any atom is 0.264 e. The number of carbonyl (C=O) groups is 1. The van der Waals surface area contributed by atoms with E-state index in [1.54, 1.807) is 0 Å². The molecule has 2 rings (SSSR count). The summed E-state index contributed by atoms with van der Waals surface area (Å²) in [5.74, 6) is -0.0406. The monoisotopic (exact) mass is 333 g/mol. The highest BCUT2D eigenvalue weighted by atomic mass is 35.7. The lowest BCUT2D eigenvalue weighted by Gasteiger charge is -2.15. The summed E-state index contributed by atoms with van der Waals surface area (Å²) in [6.45, 7) is 2.51. The van der Waals surface area contributed by atoms with Gasteiger partial charge in [0.2, 0.25) is 0 Å². The van der Waals surface area contributed by atoms with Crippen LogP contribution >= 0.6 is 10.7 Å². The second-order valence-electron chi connectivity index (χ2n) is 4.85. The van der Waals surface area contributed by atoms with Crippen molar-refractivity contribution in [1.82, 2.24) is 0 Å². The van der Waals surface area contributed by atoms with Gasteiger partial charge in [0.25, 0.3) is 15.0 Å². The van der Waals surface area contributed by atoms with Crippen molar-refractivity contribution >= 4 is 31.3 Å². The van der Waals surface area contributed by atoms with Crippen molar-refractivity contribution in [2.24, 2.45) is 5.92 Å². The van der Waals surface area contributed by atoms with Crippen LogP contribution in [0.4, 0.5) is 5.69 Å². The van der Waals surface area contributed by atoms with Crippen molar-refractivity contribution in [2.75, 3.05) is 19.0 Å². The highest BCUT2D eigenvalue weighted by Crippen LogP contribution is 2.30. The molecule has 1 heterocycles. The van der Waals surface area contributed by atoms with Gasteiger partial charge in [-0.3, -0.25) is 4.79 Å². The predicted molar refractivity (Wildman–Crippen MR) is 78.2 cm³/mol. The molecular weight excluding hydrogens is 318 g/mol. The average molecular weight is 334 g/mol. The van der Waals surface area contributed by atoms with Crippen LogP contribution in [0.25, 0.3) is 0 Å². The summed E-state index contributed by atoms with van der Waals surface area (Å²) in [5, 5.41) is 2.69. The molecule has 6 nitrogen and oxygen atoms in total. The highest BCUT2D eigenvalue weighted by Gasteiger charge is 2.31. The Hall–Kier alpha value is -1.31.